The van der Waals surface area contributed by atoms with Crippen LogP contribution in [0.15, 0.2) is 18.5 Å². The van der Waals surface area contributed by atoms with E-state index in [4.69, 9.17) is 5.84 Å². The highest BCUT2D eigenvalue weighted by Crippen LogP contribution is 2.23. The van der Waals surface area contributed by atoms with Crippen LogP contribution in [0, 0.1) is 0 Å². The van der Waals surface area contributed by atoms with Gasteiger partial charge < -0.3 is 10.3 Å². The van der Waals surface area contributed by atoms with Crippen molar-refractivity contribution in [3.8, 4) is 0 Å². The molecule has 4 N–H and O–H groups in total. The number of hydrogen-bond acceptors (Lipinski definition) is 6. The Balaban J connectivity index is 2.41. The van der Waals surface area contributed by atoms with Crippen LogP contribution in [-0.2, 0) is 9.59 Å². The van der Waals surface area contributed by atoms with Crippen LogP contribution >= 0.6 is 0 Å². The molecule has 0 saturated carbocycles. The molecule has 1 saturated heterocycles. The lowest BCUT2D eigenvalue weighted by molar-refractivity contribution is -0.143. The van der Waals surface area contributed by atoms with Crippen LogP contribution in [0.3, 0.4) is 0 Å². The highest BCUT2D eigenvalue weighted by Gasteiger charge is 2.44. The molecule has 20 heavy (non-hydrogen) atoms. The van der Waals surface area contributed by atoms with Crippen LogP contribution in [0.1, 0.15) is 24.2 Å². The van der Waals surface area contributed by atoms with E-state index in [2.05, 4.69) is 15.7 Å². The fraction of sp³-hybridized carbons (Fsp3) is 0.333. The van der Waals surface area contributed by atoms with Gasteiger partial charge in [0.1, 0.15) is 12.1 Å². The van der Waals surface area contributed by atoms with Crippen molar-refractivity contribution < 1.29 is 14.4 Å². The molecule has 2 rings (SSSR count). The summed E-state index contributed by atoms with van der Waals surface area (Å²) >= 11 is 0. The largest absolute Gasteiger partial charge is 0.322 e. The van der Waals surface area contributed by atoms with Gasteiger partial charge in [0.15, 0.2) is 0 Å². The van der Waals surface area contributed by atoms with Crippen LogP contribution in [-0.4, -0.2) is 39.7 Å². The molecular formula is C12H15N5O3. The summed E-state index contributed by atoms with van der Waals surface area (Å²) in [6.07, 6.45) is 2.83. The number of nitrogens with two attached hydrogens (primary N) is 1. The highest BCUT2D eigenvalue weighted by atomic mass is 16.2. The fourth-order valence-electron chi connectivity index (χ4n) is 1.95. The maximum atomic E-state index is 12.6. The third kappa shape index (κ3) is 2.21. The Labute approximate surface area is 115 Å². The van der Waals surface area contributed by atoms with Gasteiger partial charge in [0.2, 0.25) is 5.91 Å². The molecular weight excluding hydrogens is 262 g/mol. The molecule has 0 unspecified atom stereocenters. The van der Waals surface area contributed by atoms with E-state index in [1.54, 1.807) is 13.8 Å². The second-order valence-corrected chi connectivity index (χ2v) is 4.89. The minimum atomic E-state index is -1.12. The van der Waals surface area contributed by atoms with E-state index >= 15 is 0 Å². The number of nitrogens with one attached hydrogen (secondary N) is 2. The summed E-state index contributed by atoms with van der Waals surface area (Å²) in [6.45, 7) is 2.96. The van der Waals surface area contributed by atoms with Crippen molar-refractivity contribution in [2.45, 2.75) is 19.4 Å². The Bertz CT molecular complexity index is 584. The first-order chi connectivity index (χ1) is 9.37. The molecule has 106 valence electrons. The molecule has 0 bridgehead atoms. The summed E-state index contributed by atoms with van der Waals surface area (Å²) < 4.78 is 0. The van der Waals surface area contributed by atoms with Crippen molar-refractivity contribution in [2.24, 2.45) is 5.84 Å². The quantitative estimate of drug-likeness (QED) is 0.372. The summed E-state index contributed by atoms with van der Waals surface area (Å²) in [5, 5.41) is 2.21. The van der Waals surface area contributed by atoms with Gasteiger partial charge >= 0.3 is 0 Å². The van der Waals surface area contributed by atoms with Crippen LogP contribution in [0.2, 0.25) is 0 Å². The Morgan fingerprint density at radius 2 is 2.20 bits per heavy atom. The van der Waals surface area contributed by atoms with E-state index in [1.165, 1.54) is 23.4 Å². The average Bonchev–Trinajstić information content (AvgIpc) is 2.42. The van der Waals surface area contributed by atoms with Gasteiger partial charge in [0.25, 0.3) is 11.8 Å². The number of hydrogen-bond donors (Lipinski definition) is 3. The number of nitrogen functional groups attached to an aromatic ring is 1. The second kappa shape index (κ2) is 4.89. The van der Waals surface area contributed by atoms with E-state index in [9.17, 15) is 14.4 Å². The summed E-state index contributed by atoms with van der Waals surface area (Å²) in [4.78, 5) is 41.0. The van der Waals surface area contributed by atoms with Crippen molar-refractivity contribution in [3.63, 3.8) is 0 Å². The van der Waals surface area contributed by atoms with Gasteiger partial charge in [-0.3, -0.25) is 30.5 Å². The number of amides is 3. The molecule has 0 spiro atoms. The SMILES string of the molecule is CC1(C)C(=O)NC(=O)CN1C(=O)c1ccncc1NN. The topological polar surface area (TPSA) is 117 Å². The summed E-state index contributed by atoms with van der Waals surface area (Å²) in [7, 11) is 0. The van der Waals surface area contributed by atoms with Gasteiger partial charge in [0, 0.05) is 6.20 Å². The van der Waals surface area contributed by atoms with Gasteiger partial charge in [-0.2, -0.15) is 0 Å². The van der Waals surface area contributed by atoms with Gasteiger partial charge in [-0.1, -0.05) is 0 Å². The zero-order chi connectivity index (χ0) is 14.9. The minimum Gasteiger partial charge on any atom is -0.322 e. The smallest absolute Gasteiger partial charge is 0.257 e. The number of rotatable bonds is 2. The van der Waals surface area contributed by atoms with E-state index in [-0.39, 0.29) is 12.1 Å². The number of hydrazine groups is 1. The van der Waals surface area contributed by atoms with Crippen molar-refractivity contribution in [1.82, 2.24) is 15.2 Å². The Hall–Kier alpha value is -2.48. The number of aromatic nitrogens is 1. The van der Waals surface area contributed by atoms with Crippen molar-refractivity contribution in [2.75, 3.05) is 12.0 Å². The molecule has 0 radical (unpaired) electrons. The summed E-state index contributed by atoms with van der Waals surface area (Å²) in [5.74, 6) is 3.84. The number of carbonyl (C=O) groups is 3. The third-order valence-electron chi connectivity index (χ3n) is 3.24. The molecule has 8 nitrogen and oxygen atoms in total. The molecule has 0 aromatic carbocycles. The molecule has 2 heterocycles. The zero-order valence-corrected chi connectivity index (χ0v) is 11.1. The van der Waals surface area contributed by atoms with Crippen molar-refractivity contribution in [1.29, 1.82) is 0 Å². The fourth-order valence-corrected chi connectivity index (χ4v) is 1.95. The molecule has 3 amide bonds. The number of nitrogens with zero attached hydrogens (tertiary/aromatic N) is 2. The zero-order valence-electron chi connectivity index (χ0n) is 11.1. The first-order valence-corrected chi connectivity index (χ1v) is 5.95. The van der Waals surface area contributed by atoms with Crippen molar-refractivity contribution in [3.05, 3.63) is 24.0 Å². The monoisotopic (exact) mass is 277 g/mol. The third-order valence-corrected chi connectivity index (χ3v) is 3.24. The predicted octanol–water partition coefficient (Wildman–Crippen LogP) is -0.756. The molecule has 1 aromatic heterocycles. The van der Waals surface area contributed by atoms with Crippen LogP contribution < -0.4 is 16.6 Å². The maximum Gasteiger partial charge on any atom is 0.257 e. The van der Waals surface area contributed by atoms with E-state index < -0.39 is 23.3 Å². The van der Waals surface area contributed by atoms with Gasteiger partial charge in [-0.15, -0.1) is 0 Å². The van der Waals surface area contributed by atoms with Crippen molar-refractivity contribution >= 4 is 23.4 Å². The lowest BCUT2D eigenvalue weighted by Crippen LogP contribution is -2.65. The number of carbonyl (C=O) groups excluding carboxylic acids is 3. The van der Waals surface area contributed by atoms with Crippen LogP contribution in [0.5, 0.6) is 0 Å². The van der Waals surface area contributed by atoms with Gasteiger partial charge in [-0.25, -0.2) is 0 Å². The number of imide groups is 1. The summed E-state index contributed by atoms with van der Waals surface area (Å²) in [5.41, 5.74) is 1.82. The number of piperazine rings is 1. The Morgan fingerprint density at radius 3 is 2.85 bits per heavy atom. The van der Waals surface area contributed by atoms with Crippen LogP contribution in [0.25, 0.3) is 0 Å². The second-order valence-electron chi connectivity index (χ2n) is 4.89. The lowest BCUT2D eigenvalue weighted by Gasteiger charge is -2.40. The molecule has 8 heteroatoms. The van der Waals surface area contributed by atoms with Gasteiger partial charge in [0.05, 0.1) is 17.4 Å². The number of anilines is 1. The Morgan fingerprint density at radius 1 is 1.50 bits per heavy atom. The number of pyridine rings is 1. The maximum absolute atomic E-state index is 12.6. The molecule has 1 aliphatic rings. The summed E-state index contributed by atoms with van der Waals surface area (Å²) in [6, 6.07) is 1.48. The molecule has 1 aromatic rings. The standard InChI is InChI=1S/C12H15N5O3/c1-12(2)11(20)15-9(18)6-17(12)10(19)7-3-4-14-5-8(7)16-13/h3-5,16H,6,13H2,1-2H3,(H,15,18,20). The van der Waals surface area contributed by atoms with E-state index in [0.29, 0.717) is 5.69 Å². The predicted molar refractivity (Wildman–Crippen MR) is 70.3 cm³/mol. The first-order valence-electron chi connectivity index (χ1n) is 5.95. The molecule has 1 fully saturated rings. The minimum absolute atomic E-state index is 0.191. The van der Waals surface area contributed by atoms with E-state index in [1.807, 2.05) is 0 Å². The average molecular weight is 277 g/mol. The normalized spacial score (nSPS) is 17.6. The van der Waals surface area contributed by atoms with Crippen LogP contribution in [0.4, 0.5) is 5.69 Å². The highest BCUT2D eigenvalue weighted by molar-refractivity contribution is 6.10. The molecule has 0 atom stereocenters. The lowest BCUT2D eigenvalue weighted by atomic mass is 9.97. The molecule has 1 aliphatic heterocycles. The van der Waals surface area contributed by atoms with E-state index in [0.717, 1.165) is 0 Å². The first kappa shape index (κ1) is 13.9. The molecule has 0 aliphatic carbocycles. The van der Waals surface area contributed by atoms with Gasteiger partial charge in [-0.05, 0) is 19.9 Å². The Kier molecular flexibility index (Phi) is 3.41.